The van der Waals surface area contributed by atoms with E-state index < -0.39 is 0 Å². The average molecular weight is 261 g/mol. The van der Waals surface area contributed by atoms with Crippen molar-refractivity contribution in [1.29, 1.82) is 0 Å². The number of rotatable bonds is 5. The summed E-state index contributed by atoms with van der Waals surface area (Å²) in [6.45, 7) is 4.95. The third kappa shape index (κ3) is 3.01. The molecule has 0 fully saturated rings. The topological polar surface area (TPSA) is 29.9 Å². The fourth-order valence-corrected chi connectivity index (χ4v) is 2.40. The summed E-state index contributed by atoms with van der Waals surface area (Å²) < 4.78 is 15.3. The Morgan fingerprint density at radius 3 is 2.84 bits per heavy atom. The van der Waals surface area contributed by atoms with Gasteiger partial charge in [-0.15, -0.1) is 0 Å². The van der Waals surface area contributed by atoms with Crippen LogP contribution in [0.15, 0.2) is 30.6 Å². The zero-order valence-corrected chi connectivity index (χ0v) is 11.7. The van der Waals surface area contributed by atoms with Crippen molar-refractivity contribution in [2.45, 2.75) is 32.9 Å². The first kappa shape index (κ1) is 13.7. The van der Waals surface area contributed by atoms with Crippen LogP contribution >= 0.6 is 0 Å². The minimum atomic E-state index is -0.189. The smallest absolute Gasteiger partial charge is 0.123 e. The van der Waals surface area contributed by atoms with Crippen molar-refractivity contribution in [1.82, 2.24) is 14.9 Å². The number of hydrogen-bond donors (Lipinski definition) is 1. The van der Waals surface area contributed by atoms with Crippen molar-refractivity contribution in [3.8, 4) is 0 Å². The maximum Gasteiger partial charge on any atom is 0.123 e. The largest absolute Gasteiger partial charge is 0.335 e. The molecule has 1 aromatic heterocycles. The van der Waals surface area contributed by atoms with E-state index in [2.05, 4.69) is 21.8 Å². The first-order valence-electron chi connectivity index (χ1n) is 6.59. The minimum Gasteiger partial charge on any atom is -0.335 e. The lowest BCUT2D eigenvalue weighted by atomic mass is 9.98. The number of halogens is 1. The molecule has 0 amide bonds. The van der Waals surface area contributed by atoms with E-state index in [1.807, 2.05) is 32.4 Å². The van der Waals surface area contributed by atoms with E-state index >= 15 is 0 Å². The van der Waals surface area contributed by atoms with Crippen LogP contribution in [0.1, 0.15) is 29.9 Å². The van der Waals surface area contributed by atoms with Crippen molar-refractivity contribution in [2.75, 3.05) is 7.05 Å². The minimum absolute atomic E-state index is 0.147. The summed E-state index contributed by atoms with van der Waals surface area (Å²) in [6.07, 6.45) is 4.60. The Balaban J connectivity index is 2.25. The predicted octanol–water partition coefficient (Wildman–Crippen LogP) is 2.85. The molecule has 1 heterocycles. The molecule has 1 aromatic carbocycles. The molecule has 0 radical (unpaired) electrons. The summed E-state index contributed by atoms with van der Waals surface area (Å²) in [6, 6.07) is 5.09. The second-order valence-corrected chi connectivity index (χ2v) is 4.68. The molecule has 3 nitrogen and oxygen atoms in total. The molecule has 2 rings (SSSR count). The Morgan fingerprint density at radius 1 is 1.42 bits per heavy atom. The van der Waals surface area contributed by atoms with E-state index in [9.17, 15) is 4.39 Å². The van der Waals surface area contributed by atoms with Gasteiger partial charge in [0.1, 0.15) is 11.6 Å². The van der Waals surface area contributed by atoms with E-state index in [1.165, 1.54) is 6.07 Å². The normalized spacial score (nSPS) is 12.6. The SMILES string of the molecule is CCn1ccnc1CC(NC)c1ccc(F)cc1C. The molecule has 0 saturated carbocycles. The maximum atomic E-state index is 13.2. The molecule has 2 aromatic rings. The number of nitrogens with zero attached hydrogens (tertiary/aromatic N) is 2. The highest BCUT2D eigenvalue weighted by Gasteiger charge is 2.15. The molecular weight excluding hydrogens is 241 g/mol. The number of benzene rings is 1. The highest BCUT2D eigenvalue weighted by Crippen LogP contribution is 2.21. The molecule has 0 aliphatic rings. The van der Waals surface area contributed by atoms with Gasteiger partial charge in [-0.1, -0.05) is 6.07 Å². The van der Waals surface area contributed by atoms with Gasteiger partial charge in [0.2, 0.25) is 0 Å². The van der Waals surface area contributed by atoms with Gasteiger partial charge in [-0.2, -0.15) is 0 Å². The standard InChI is InChI=1S/C15H20FN3/c1-4-19-8-7-18-15(19)10-14(17-3)13-6-5-12(16)9-11(13)2/h5-9,14,17H,4,10H2,1-3H3. The maximum absolute atomic E-state index is 13.2. The van der Waals surface area contributed by atoms with E-state index in [1.54, 1.807) is 6.07 Å². The van der Waals surface area contributed by atoms with Crippen LogP contribution < -0.4 is 5.32 Å². The van der Waals surface area contributed by atoms with E-state index in [0.29, 0.717) is 0 Å². The van der Waals surface area contributed by atoms with E-state index in [0.717, 1.165) is 29.9 Å². The molecule has 0 saturated heterocycles. The van der Waals surface area contributed by atoms with Crippen LogP contribution in [0.4, 0.5) is 4.39 Å². The number of aromatic nitrogens is 2. The van der Waals surface area contributed by atoms with Gasteiger partial charge < -0.3 is 9.88 Å². The summed E-state index contributed by atoms with van der Waals surface area (Å²) in [5.41, 5.74) is 2.09. The molecule has 102 valence electrons. The first-order valence-corrected chi connectivity index (χ1v) is 6.59. The van der Waals surface area contributed by atoms with Crippen molar-refractivity contribution < 1.29 is 4.39 Å². The Morgan fingerprint density at radius 2 is 2.21 bits per heavy atom. The van der Waals surface area contributed by atoms with Gasteiger partial charge in [-0.3, -0.25) is 0 Å². The number of nitrogens with one attached hydrogen (secondary N) is 1. The summed E-state index contributed by atoms with van der Waals surface area (Å²) >= 11 is 0. The van der Waals surface area contributed by atoms with Crippen molar-refractivity contribution >= 4 is 0 Å². The molecule has 1 atom stereocenters. The Kier molecular flexibility index (Phi) is 4.32. The lowest BCUT2D eigenvalue weighted by Crippen LogP contribution is -2.21. The Labute approximate surface area is 113 Å². The van der Waals surface area contributed by atoms with Crippen molar-refractivity contribution in [2.24, 2.45) is 0 Å². The fraction of sp³-hybridized carbons (Fsp3) is 0.400. The second-order valence-electron chi connectivity index (χ2n) is 4.68. The van der Waals surface area contributed by atoms with Gasteiger partial charge >= 0.3 is 0 Å². The van der Waals surface area contributed by atoms with Crippen molar-refractivity contribution in [3.63, 3.8) is 0 Å². The van der Waals surface area contributed by atoms with Gasteiger partial charge in [0.25, 0.3) is 0 Å². The average Bonchev–Trinajstić information content (AvgIpc) is 2.84. The lowest BCUT2D eigenvalue weighted by Gasteiger charge is -2.19. The lowest BCUT2D eigenvalue weighted by molar-refractivity contribution is 0.548. The third-order valence-corrected chi connectivity index (χ3v) is 3.48. The van der Waals surface area contributed by atoms with Crippen molar-refractivity contribution in [3.05, 3.63) is 53.4 Å². The van der Waals surface area contributed by atoms with Gasteiger partial charge in [-0.05, 0) is 44.2 Å². The van der Waals surface area contributed by atoms with E-state index in [4.69, 9.17) is 0 Å². The number of imidazole rings is 1. The summed E-state index contributed by atoms with van der Waals surface area (Å²) in [5.74, 6) is 0.858. The van der Waals surface area contributed by atoms with E-state index in [-0.39, 0.29) is 11.9 Å². The van der Waals surface area contributed by atoms with Crippen LogP contribution in [0.2, 0.25) is 0 Å². The first-order chi connectivity index (χ1) is 9.15. The fourth-order valence-electron chi connectivity index (χ4n) is 2.40. The zero-order chi connectivity index (χ0) is 13.8. The van der Waals surface area contributed by atoms with Crippen LogP contribution in [0.25, 0.3) is 0 Å². The number of likely N-dealkylation sites (N-methyl/N-ethyl adjacent to an activating group) is 1. The number of aryl methyl sites for hydroxylation is 2. The quantitative estimate of drug-likeness (QED) is 0.897. The molecule has 0 spiro atoms. The van der Waals surface area contributed by atoms with Crippen LogP contribution in [-0.2, 0) is 13.0 Å². The molecule has 0 bridgehead atoms. The zero-order valence-electron chi connectivity index (χ0n) is 11.7. The summed E-state index contributed by atoms with van der Waals surface area (Å²) in [7, 11) is 1.92. The molecule has 1 N–H and O–H groups in total. The molecule has 4 heteroatoms. The summed E-state index contributed by atoms with van der Waals surface area (Å²) in [5, 5.41) is 3.29. The van der Waals surface area contributed by atoms with Gasteiger partial charge in [0.05, 0.1) is 0 Å². The monoisotopic (exact) mass is 261 g/mol. The molecule has 0 aliphatic heterocycles. The number of hydrogen-bond acceptors (Lipinski definition) is 2. The van der Waals surface area contributed by atoms with Gasteiger partial charge in [0, 0.05) is 31.4 Å². The highest BCUT2D eigenvalue weighted by atomic mass is 19.1. The van der Waals surface area contributed by atoms with Crippen LogP contribution in [0, 0.1) is 12.7 Å². The third-order valence-electron chi connectivity index (χ3n) is 3.48. The van der Waals surface area contributed by atoms with Gasteiger partial charge in [-0.25, -0.2) is 9.37 Å². The highest BCUT2D eigenvalue weighted by molar-refractivity contribution is 5.30. The Hall–Kier alpha value is -1.68. The second kappa shape index (κ2) is 5.97. The predicted molar refractivity (Wildman–Crippen MR) is 74.5 cm³/mol. The Bertz CT molecular complexity index is 548. The van der Waals surface area contributed by atoms with Gasteiger partial charge in [0.15, 0.2) is 0 Å². The molecule has 19 heavy (non-hydrogen) atoms. The molecule has 1 unspecified atom stereocenters. The molecule has 0 aliphatic carbocycles. The van der Waals surface area contributed by atoms with Crippen LogP contribution in [0.5, 0.6) is 0 Å². The molecular formula is C15H20FN3. The van der Waals surface area contributed by atoms with Crippen LogP contribution in [-0.4, -0.2) is 16.6 Å². The van der Waals surface area contributed by atoms with Crippen LogP contribution in [0.3, 0.4) is 0 Å². The summed E-state index contributed by atoms with van der Waals surface area (Å²) in [4.78, 5) is 4.40.